The molecule has 158 valence electrons. The van der Waals surface area contributed by atoms with Gasteiger partial charge in [0.25, 0.3) is 5.56 Å². The SMILES string of the molecule is O=c1c2cc(OC(F)(F)F)ccc2ncn1Cc1cc(Cl)ccc1S(=O)(=O)C1CC1. The second-order valence-electron chi connectivity index (χ2n) is 6.90. The third-order valence-corrected chi connectivity index (χ3v) is 7.26. The van der Waals surface area contributed by atoms with Gasteiger partial charge in [-0.3, -0.25) is 9.36 Å². The van der Waals surface area contributed by atoms with Crippen molar-refractivity contribution in [1.82, 2.24) is 9.55 Å². The Morgan fingerprint density at radius 3 is 2.57 bits per heavy atom. The Hall–Kier alpha value is -2.59. The van der Waals surface area contributed by atoms with Gasteiger partial charge < -0.3 is 4.74 Å². The molecule has 1 aliphatic carbocycles. The molecular formula is C19H14ClF3N2O4S. The van der Waals surface area contributed by atoms with Crippen molar-refractivity contribution in [3.63, 3.8) is 0 Å². The summed E-state index contributed by atoms with van der Waals surface area (Å²) in [5.74, 6) is -0.550. The van der Waals surface area contributed by atoms with Crippen LogP contribution in [0.1, 0.15) is 18.4 Å². The molecule has 1 aromatic heterocycles. The van der Waals surface area contributed by atoms with Crippen molar-refractivity contribution in [2.45, 2.75) is 35.9 Å². The van der Waals surface area contributed by atoms with Gasteiger partial charge >= 0.3 is 6.36 Å². The molecule has 0 unspecified atom stereocenters. The van der Waals surface area contributed by atoms with Gasteiger partial charge in [-0.1, -0.05) is 11.6 Å². The number of hydrogen-bond donors (Lipinski definition) is 0. The fourth-order valence-electron chi connectivity index (χ4n) is 3.14. The van der Waals surface area contributed by atoms with Crippen LogP contribution in [0.15, 0.2) is 52.4 Å². The Kier molecular flexibility index (Phi) is 5.01. The summed E-state index contributed by atoms with van der Waals surface area (Å²) in [6.07, 6.45) is -2.54. The second-order valence-corrected chi connectivity index (χ2v) is 9.53. The molecule has 0 amide bonds. The van der Waals surface area contributed by atoms with Gasteiger partial charge in [0, 0.05) is 5.02 Å². The van der Waals surface area contributed by atoms with E-state index in [1.165, 1.54) is 30.6 Å². The van der Waals surface area contributed by atoms with E-state index < -0.39 is 32.8 Å². The van der Waals surface area contributed by atoms with E-state index in [0.717, 1.165) is 16.7 Å². The topological polar surface area (TPSA) is 78.3 Å². The van der Waals surface area contributed by atoms with Crippen LogP contribution in [-0.2, 0) is 16.4 Å². The molecule has 0 spiro atoms. The minimum atomic E-state index is -4.90. The number of ether oxygens (including phenoxy) is 1. The van der Waals surface area contributed by atoms with Crippen LogP contribution in [0.5, 0.6) is 5.75 Å². The van der Waals surface area contributed by atoms with Crippen molar-refractivity contribution in [3.8, 4) is 5.75 Å². The summed E-state index contributed by atoms with van der Waals surface area (Å²) in [5, 5.41) is -0.249. The Labute approximate surface area is 173 Å². The lowest BCUT2D eigenvalue weighted by atomic mass is 10.2. The van der Waals surface area contributed by atoms with Crippen molar-refractivity contribution in [3.05, 3.63) is 63.7 Å². The van der Waals surface area contributed by atoms with Crippen molar-refractivity contribution < 1.29 is 26.3 Å². The summed E-state index contributed by atoms with van der Waals surface area (Å²) in [6, 6.07) is 7.57. The molecule has 1 saturated carbocycles. The summed E-state index contributed by atoms with van der Waals surface area (Å²) in [6.45, 7) is -0.159. The fourth-order valence-corrected chi connectivity index (χ4v) is 5.20. The molecule has 0 radical (unpaired) electrons. The summed E-state index contributed by atoms with van der Waals surface area (Å²) in [5.41, 5.74) is -0.148. The third kappa shape index (κ3) is 4.15. The first kappa shape index (κ1) is 20.7. The lowest BCUT2D eigenvalue weighted by Gasteiger charge is -2.13. The maximum atomic E-state index is 12.8. The van der Waals surface area contributed by atoms with Crippen LogP contribution in [0.25, 0.3) is 10.9 Å². The molecule has 30 heavy (non-hydrogen) atoms. The normalized spacial score (nSPS) is 14.8. The molecule has 0 atom stereocenters. The van der Waals surface area contributed by atoms with E-state index in [2.05, 4.69) is 9.72 Å². The van der Waals surface area contributed by atoms with Gasteiger partial charge in [0.15, 0.2) is 9.84 Å². The van der Waals surface area contributed by atoms with Crippen LogP contribution in [0, 0.1) is 0 Å². The minimum absolute atomic E-state index is 0.0792. The maximum absolute atomic E-state index is 12.8. The first-order valence-corrected chi connectivity index (χ1v) is 10.7. The number of fused-ring (bicyclic) bond motifs is 1. The van der Waals surface area contributed by atoms with Crippen LogP contribution in [-0.4, -0.2) is 29.6 Å². The largest absolute Gasteiger partial charge is 0.573 e. The number of sulfone groups is 1. The first-order chi connectivity index (χ1) is 14.0. The van der Waals surface area contributed by atoms with E-state index in [0.29, 0.717) is 23.4 Å². The van der Waals surface area contributed by atoms with Crippen LogP contribution in [0.2, 0.25) is 5.02 Å². The Morgan fingerprint density at radius 1 is 1.17 bits per heavy atom. The number of alkyl halides is 3. The zero-order valence-electron chi connectivity index (χ0n) is 15.2. The van der Waals surface area contributed by atoms with E-state index in [4.69, 9.17) is 11.6 Å². The van der Waals surface area contributed by atoms with Crippen molar-refractivity contribution >= 4 is 32.3 Å². The molecule has 1 aliphatic rings. The monoisotopic (exact) mass is 458 g/mol. The summed E-state index contributed by atoms with van der Waals surface area (Å²) < 4.78 is 67.9. The number of aromatic nitrogens is 2. The number of halogens is 4. The van der Waals surface area contributed by atoms with E-state index in [9.17, 15) is 26.4 Å². The maximum Gasteiger partial charge on any atom is 0.573 e. The minimum Gasteiger partial charge on any atom is -0.406 e. The van der Waals surface area contributed by atoms with E-state index in [1.807, 2.05) is 0 Å². The highest BCUT2D eigenvalue weighted by Gasteiger charge is 2.38. The molecule has 0 saturated heterocycles. The van der Waals surface area contributed by atoms with E-state index in [1.54, 1.807) is 0 Å². The summed E-state index contributed by atoms with van der Waals surface area (Å²) >= 11 is 6.02. The van der Waals surface area contributed by atoms with E-state index >= 15 is 0 Å². The van der Waals surface area contributed by atoms with E-state index in [-0.39, 0.29) is 22.3 Å². The highest BCUT2D eigenvalue weighted by molar-refractivity contribution is 7.92. The van der Waals surface area contributed by atoms with Gasteiger partial charge in [-0.05, 0) is 54.8 Å². The van der Waals surface area contributed by atoms with Crippen LogP contribution >= 0.6 is 11.6 Å². The van der Waals surface area contributed by atoms with Gasteiger partial charge in [0.05, 0.1) is 33.9 Å². The molecule has 1 heterocycles. The van der Waals surface area contributed by atoms with Gasteiger partial charge in [-0.15, -0.1) is 13.2 Å². The zero-order chi connectivity index (χ0) is 21.7. The van der Waals surface area contributed by atoms with Crippen LogP contribution in [0.4, 0.5) is 13.2 Å². The first-order valence-electron chi connectivity index (χ1n) is 8.82. The molecule has 3 aromatic rings. The average molecular weight is 459 g/mol. The Morgan fingerprint density at radius 2 is 1.90 bits per heavy atom. The molecule has 2 aromatic carbocycles. The lowest BCUT2D eigenvalue weighted by molar-refractivity contribution is -0.274. The average Bonchev–Trinajstić information content (AvgIpc) is 3.49. The summed E-state index contributed by atoms with van der Waals surface area (Å²) in [7, 11) is -3.56. The highest BCUT2D eigenvalue weighted by Crippen LogP contribution is 2.35. The molecule has 0 N–H and O–H groups in total. The van der Waals surface area contributed by atoms with Crippen LogP contribution in [0.3, 0.4) is 0 Å². The van der Waals surface area contributed by atoms with Gasteiger partial charge in [0.1, 0.15) is 5.75 Å². The Bertz CT molecular complexity index is 1300. The smallest absolute Gasteiger partial charge is 0.406 e. The molecule has 6 nitrogen and oxygen atoms in total. The molecule has 4 rings (SSSR count). The summed E-state index contributed by atoms with van der Waals surface area (Å²) in [4.78, 5) is 17.0. The quantitative estimate of drug-likeness (QED) is 0.579. The lowest BCUT2D eigenvalue weighted by Crippen LogP contribution is -2.23. The predicted octanol–water partition coefficient (Wildman–Crippen LogP) is 3.93. The molecule has 0 bridgehead atoms. The number of hydrogen-bond acceptors (Lipinski definition) is 5. The molecule has 11 heteroatoms. The van der Waals surface area contributed by atoms with Gasteiger partial charge in [-0.2, -0.15) is 0 Å². The van der Waals surface area contributed by atoms with Gasteiger partial charge in [-0.25, -0.2) is 13.4 Å². The fraction of sp³-hybridized carbons (Fsp3) is 0.263. The third-order valence-electron chi connectivity index (χ3n) is 4.66. The number of rotatable bonds is 5. The number of benzene rings is 2. The van der Waals surface area contributed by atoms with Crippen molar-refractivity contribution in [1.29, 1.82) is 0 Å². The van der Waals surface area contributed by atoms with Crippen molar-refractivity contribution in [2.75, 3.05) is 0 Å². The predicted molar refractivity (Wildman–Crippen MR) is 103 cm³/mol. The molecule has 0 aliphatic heterocycles. The Balaban J connectivity index is 1.77. The van der Waals surface area contributed by atoms with Crippen LogP contribution < -0.4 is 10.3 Å². The number of nitrogens with zero attached hydrogens (tertiary/aromatic N) is 2. The highest BCUT2D eigenvalue weighted by atomic mass is 35.5. The zero-order valence-corrected chi connectivity index (χ0v) is 16.8. The van der Waals surface area contributed by atoms with Crippen molar-refractivity contribution in [2.24, 2.45) is 0 Å². The molecular weight excluding hydrogens is 445 g/mol. The van der Waals surface area contributed by atoms with Gasteiger partial charge in [0.2, 0.25) is 0 Å². The molecule has 1 fully saturated rings. The standard InChI is InChI=1S/C19H14ClF3N2O4S/c20-12-1-6-17(30(27,28)14-3-4-14)11(7-12)9-25-10-24-16-5-2-13(29-19(21,22)23)8-15(16)18(25)26/h1-2,5-8,10,14H,3-4,9H2. The second kappa shape index (κ2) is 7.28.